The lowest BCUT2D eigenvalue weighted by Gasteiger charge is -2.28. The number of fused-ring (bicyclic) bond motifs is 2. The number of hydrazine groups is 1. The first-order valence-corrected chi connectivity index (χ1v) is 8.09. The van der Waals surface area contributed by atoms with E-state index < -0.39 is 17.7 Å². The molecule has 0 unspecified atom stereocenters. The molecular weight excluding hydrogens is 313 g/mol. The largest absolute Gasteiger partial charge is 0.444 e. The lowest BCUT2D eigenvalue weighted by Crippen LogP contribution is -2.46. The topological polar surface area (TPSA) is 61.9 Å². The molecule has 0 bridgehead atoms. The zero-order valence-corrected chi connectivity index (χ0v) is 14.1. The zero-order chi connectivity index (χ0) is 17.5. The van der Waals surface area contributed by atoms with Crippen molar-refractivity contribution in [2.24, 2.45) is 0 Å². The normalized spacial score (nSPS) is 21.1. The summed E-state index contributed by atoms with van der Waals surface area (Å²) in [6.07, 6.45) is 0.137. The molecule has 0 aromatic heterocycles. The maximum absolute atomic E-state index is 14.3. The molecule has 0 spiro atoms. The summed E-state index contributed by atoms with van der Waals surface area (Å²) in [5.74, 6) is -0.632. The van der Waals surface area contributed by atoms with Gasteiger partial charge >= 0.3 is 6.09 Å². The van der Waals surface area contributed by atoms with Crippen LogP contribution in [0.15, 0.2) is 18.2 Å². The zero-order valence-electron chi connectivity index (χ0n) is 14.1. The quantitative estimate of drug-likeness (QED) is 0.856. The number of ether oxygens (including phenoxy) is 1. The Morgan fingerprint density at radius 1 is 1.33 bits per heavy atom. The molecular formula is C17H22FN3O3. The van der Waals surface area contributed by atoms with Gasteiger partial charge in [-0.3, -0.25) is 9.80 Å². The number of nitrogens with zero attached hydrogens (tertiary/aromatic N) is 2. The number of alkyl carbamates (subject to hydrolysis) is 1. The minimum atomic E-state index is -0.950. The van der Waals surface area contributed by atoms with Crippen molar-refractivity contribution in [3.05, 3.63) is 35.1 Å². The van der Waals surface area contributed by atoms with Gasteiger partial charge < -0.3 is 10.1 Å². The van der Waals surface area contributed by atoms with Crippen LogP contribution in [0.1, 0.15) is 44.4 Å². The molecule has 1 aromatic carbocycles. The van der Waals surface area contributed by atoms with Crippen LogP contribution in [-0.4, -0.2) is 40.7 Å². The molecule has 3 rings (SSSR count). The van der Waals surface area contributed by atoms with Crippen LogP contribution in [0.25, 0.3) is 0 Å². The average Bonchev–Trinajstić information content (AvgIpc) is 2.89. The number of nitrogens with one attached hydrogen (secondary N) is 1. The lowest BCUT2D eigenvalue weighted by molar-refractivity contribution is -0.146. The van der Waals surface area contributed by atoms with Gasteiger partial charge in [-0.2, -0.15) is 0 Å². The van der Waals surface area contributed by atoms with E-state index in [1.54, 1.807) is 37.9 Å². The highest BCUT2D eigenvalue weighted by Gasteiger charge is 2.39. The SMILES string of the molecule is CC(C)(C)OC(=O)N[C@@H]1C(=O)N2CCCN2Cc2c(F)cccc21. The number of carbonyl (C=O) groups is 2. The maximum Gasteiger partial charge on any atom is 0.408 e. The summed E-state index contributed by atoms with van der Waals surface area (Å²) < 4.78 is 19.6. The van der Waals surface area contributed by atoms with Gasteiger partial charge in [0.1, 0.15) is 17.5 Å². The number of amides is 2. The molecule has 1 aromatic rings. The number of benzene rings is 1. The molecule has 0 saturated carbocycles. The highest BCUT2D eigenvalue weighted by molar-refractivity contribution is 5.87. The van der Waals surface area contributed by atoms with E-state index in [4.69, 9.17) is 4.74 Å². The second-order valence-corrected chi connectivity index (χ2v) is 7.09. The Bertz CT molecular complexity index is 672. The lowest BCUT2D eigenvalue weighted by atomic mass is 9.99. The molecule has 2 heterocycles. The minimum absolute atomic E-state index is 0.261. The van der Waals surface area contributed by atoms with Gasteiger partial charge in [0.15, 0.2) is 0 Å². The Hall–Kier alpha value is -2.15. The Labute approximate surface area is 140 Å². The predicted molar refractivity (Wildman–Crippen MR) is 85.3 cm³/mol. The first-order valence-electron chi connectivity index (χ1n) is 8.09. The fraction of sp³-hybridized carbons (Fsp3) is 0.529. The third-order valence-corrected chi connectivity index (χ3v) is 4.10. The van der Waals surface area contributed by atoms with Crippen LogP contribution in [0.4, 0.5) is 9.18 Å². The van der Waals surface area contributed by atoms with Gasteiger partial charge in [-0.1, -0.05) is 12.1 Å². The molecule has 24 heavy (non-hydrogen) atoms. The fourth-order valence-corrected chi connectivity index (χ4v) is 3.12. The van der Waals surface area contributed by atoms with E-state index in [-0.39, 0.29) is 11.7 Å². The molecule has 1 N–H and O–H groups in total. The third kappa shape index (κ3) is 3.21. The van der Waals surface area contributed by atoms with Gasteiger partial charge in [0.2, 0.25) is 0 Å². The molecule has 6 nitrogen and oxygen atoms in total. The van der Waals surface area contributed by atoms with Crippen molar-refractivity contribution >= 4 is 12.0 Å². The van der Waals surface area contributed by atoms with Crippen LogP contribution in [-0.2, 0) is 16.1 Å². The Balaban J connectivity index is 1.95. The van der Waals surface area contributed by atoms with E-state index in [2.05, 4.69) is 5.32 Å². The van der Waals surface area contributed by atoms with Crippen LogP contribution in [0.2, 0.25) is 0 Å². The van der Waals surface area contributed by atoms with Crippen LogP contribution in [0.3, 0.4) is 0 Å². The summed E-state index contributed by atoms with van der Waals surface area (Å²) in [4.78, 5) is 25.1. The second-order valence-electron chi connectivity index (χ2n) is 7.09. The summed E-state index contributed by atoms with van der Waals surface area (Å²) in [5.41, 5.74) is 0.249. The standard InChI is InChI=1S/C17H22FN3O3/c1-17(2,3)24-16(23)19-14-11-6-4-7-13(18)12(11)10-20-8-5-9-21(20)15(14)22/h4,6-7,14H,5,8-10H2,1-3H3,(H,19,23)/t14-/m0/s1. The van der Waals surface area contributed by atoms with E-state index in [1.165, 1.54) is 6.07 Å². The first-order chi connectivity index (χ1) is 11.3. The molecule has 130 valence electrons. The van der Waals surface area contributed by atoms with Crippen molar-refractivity contribution in [2.45, 2.75) is 45.4 Å². The van der Waals surface area contributed by atoms with Crippen molar-refractivity contribution in [2.75, 3.05) is 13.1 Å². The minimum Gasteiger partial charge on any atom is -0.444 e. The number of carbonyl (C=O) groups excluding carboxylic acids is 2. The summed E-state index contributed by atoms with van der Waals surface area (Å²) in [7, 11) is 0. The molecule has 7 heteroatoms. The average molecular weight is 335 g/mol. The smallest absolute Gasteiger partial charge is 0.408 e. The van der Waals surface area contributed by atoms with Crippen molar-refractivity contribution < 1.29 is 18.7 Å². The molecule has 2 aliphatic heterocycles. The van der Waals surface area contributed by atoms with Gasteiger partial charge in [-0.25, -0.2) is 14.2 Å². The second kappa shape index (κ2) is 6.05. The molecule has 2 amide bonds. The van der Waals surface area contributed by atoms with E-state index in [0.29, 0.717) is 30.8 Å². The monoisotopic (exact) mass is 335 g/mol. The molecule has 0 radical (unpaired) electrons. The molecule has 1 fully saturated rings. The first kappa shape index (κ1) is 16.7. The van der Waals surface area contributed by atoms with Crippen LogP contribution >= 0.6 is 0 Å². The number of halogens is 1. The third-order valence-electron chi connectivity index (χ3n) is 4.10. The van der Waals surface area contributed by atoms with E-state index >= 15 is 0 Å². The summed E-state index contributed by atoms with van der Waals surface area (Å²) in [6.45, 7) is 6.83. The van der Waals surface area contributed by atoms with Crippen LogP contribution in [0.5, 0.6) is 0 Å². The summed E-state index contributed by atoms with van der Waals surface area (Å²) in [5, 5.41) is 6.05. The van der Waals surface area contributed by atoms with Crippen molar-refractivity contribution in [3.8, 4) is 0 Å². The molecule has 0 aliphatic carbocycles. The van der Waals surface area contributed by atoms with Gasteiger partial charge in [-0.05, 0) is 38.8 Å². The van der Waals surface area contributed by atoms with E-state index in [1.807, 2.05) is 5.01 Å². The maximum atomic E-state index is 14.3. The van der Waals surface area contributed by atoms with Gasteiger partial charge in [0.05, 0.1) is 0 Å². The predicted octanol–water partition coefficient (Wildman–Crippen LogP) is 2.35. The van der Waals surface area contributed by atoms with Gasteiger partial charge in [0.25, 0.3) is 5.91 Å². The van der Waals surface area contributed by atoms with Gasteiger partial charge in [-0.15, -0.1) is 0 Å². The number of rotatable bonds is 1. The molecule has 1 saturated heterocycles. The Morgan fingerprint density at radius 3 is 2.79 bits per heavy atom. The van der Waals surface area contributed by atoms with Crippen molar-refractivity contribution in [1.82, 2.24) is 15.3 Å². The van der Waals surface area contributed by atoms with E-state index in [0.717, 1.165) is 6.42 Å². The molecule has 2 aliphatic rings. The highest BCUT2D eigenvalue weighted by Crippen LogP contribution is 2.31. The highest BCUT2D eigenvalue weighted by atomic mass is 19.1. The van der Waals surface area contributed by atoms with Crippen molar-refractivity contribution in [1.29, 1.82) is 0 Å². The Kier molecular flexibility index (Phi) is 4.21. The number of hydrogen-bond donors (Lipinski definition) is 1. The van der Waals surface area contributed by atoms with E-state index in [9.17, 15) is 14.0 Å². The van der Waals surface area contributed by atoms with Gasteiger partial charge in [0, 0.05) is 25.2 Å². The fourth-order valence-electron chi connectivity index (χ4n) is 3.12. The van der Waals surface area contributed by atoms with Crippen molar-refractivity contribution in [3.63, 3.8) is 0 Å². The summed E-state index contributed by atoms with van der Waals surface area (Å²) >= 11 is 0. The molecule has 1 atom stereocenters. The van der Waals surface area contributed by atoms with Crippen LogP contribution in [0, 0.1) is 5.82 Å². The summed E-state index contributed by atoms with van der Waals surface area (Å²) in [6, 6.07) is 3.66. The number of hydrogen-bond acceptors (Lipinski definition) is 4. The van der Waals surface area contributed by atoms with Crippen LogP contribution < -0.4 is 5.32 Å². The Morgan fingerprint density at radius 2 is 2.08 bits per heavy atom.